The lowest BCUT2D eigenvalue weighted by atomic mass is 9.97. The quantitative estimate of drug-likeness (QED) is 0.695. The number of hydrogen-bond acceptors (Lipinski definition) is 4. The van der Waals surface area contributed by atoms with Crippen LogP contribution in [0.1, 0.15) is 15.9 Å². The van der Waals surface area contributed by atoms with E-state index in [0.717, 1.165) is 17.7 Å². The zero-order chi connectivity index (χ0) is 15.0. The van der Waals surface area contributed by atoms with Gasteiger partial charge in [-0.15, -0.1) is 0 Å². The molecule has 0 spiro atoms. The number of benzene rings is 2. The van der Waals surface area contributed by atoms with Crippen LogP contribution in [0.4, 0.5) is 5.69 Å². The third-order valence-corrected chi connectivity index (χ3v) is 3.65. The minimum absolute atomic E-state index is 0.116. The van der Waals surface area contributed by atoms with Crippen molar-refractivity contribution in [3.05, 3.63) is 53.6 Å². The van der Waals surface area contributed by atoms with Gasteiger partial charge in [0.15, 0.2) is 11.5 Å². The number of nitrogens with zero attached hydrogens (tertiary/aromatic N) is 1. The van der Waals surface area contributed by atoms with Gasteiger partial charge in [-0.25, -0.2) is 0 Å². The molecule has 4 N–H and O–H groups in total. The highest BCUT2D eigenvalue weighted by Crippen LogP contribution is 2.30. The zero-order valence-electron chi connectivity index (χ0n) is 11.4. The number of para-hydroxylation sites is 1. The second kappa shape index (κ2) is 5.10. The van der Waals surface area contributed by atoms with Crippen LogP contribution in [0.3, 0.4) is 0 Å². The van der Waals surface area contributed by atoms with Gasteiger partial charge in [-0.05, 0) is 36.2 Å². The number of phenols is 2. The lowest BCUT2D eigenvalue weighted by molar-refractivity contribution is 0.0983. The van der Waals surface area contributed by atoms with Crippen LogP contribution < -0.4 is 10.6 Å². The molecule has 5 heteroatoms. The summed E-state index contributed by atoms with van der Waals surface area (Å²) < 4.78 is 0. The second-order valence-electron chi connectivity index (χ2n) is 5.21. The number of amides is 1. The summed E-state index contributed by atoms with van der Waals surface area (Å²) in [5, 5.41) is 18.9. The van der Waals surface area contributed by atoms with E-state index in [2.05, 4.69) is 0 Å². The molecule has 1 heterocycles. The fourth-order valence-corrected chi connectivity index (χ4v) is 2.63. The number of aromatic hydroxyl groups is 2. The van der Waals surface area contributed by atoms with Crippen LogP contribution in [-0.4, -0.2) is 28.7 Å². The molecule has 0 radical (unpaired) electrons. The molecule has 108 valence electrons. The van der Waals surface area contributed by atoms with Gasteiger partial charge in [-0.3, -0.25) is 4.79 Å². The summed E-state index contributed by atoms with van der Waals surface area (Å²) >= 11 is 0. The third-order valence-electron chi connectivity index (χ3n) is 3.65. The van der Waals surface area contributed by atoms with E-state index >= 15 is 0 Å². The summed E-state index contributed by atoms with van der Waals surface area (Å²) in [5.41, 5.74) is 8.22. The number of phenolic OH excluding ortho intramolecular Hbond substituents is 2. The summed E-state index contributed by atoms with van der Waals surface area (Å²) in [6.45, 7) is 0.428. The normalized spacial score (nSPS) is 17.4. The SMILES string of the molecule is NC1Cc2ccccc2N(C(=O)c2ccc(O)c(O)c2)C1. The molecule has 0 aliphatic carbocycles. The number of carbonyl (C=O) groups excluding carboxylic acids is 1. The Morgan fingerprint density at radius 1 is 1.14 bits per heavy atom. The van der Waals surface area contributed by atoms with Crippen LogP contribution in [0.15, 0.2) is 42.5 Å². The molecule has 2 aromatic rings. The number of anilines is 1. The van der Waals surface area contributed by atoms with Crippen molar-refractivity contribution in [1.82, 2.24) is 0 Å². The Hall–Kier alpha value is -2.53. The number of nitrogens with two attached hydrogens (primary N) is 1. The maximum absolute atomic E-state index is 12.6. The number of hydrogen-bond donors (Lipinski definition) is 3. The smallest absolute Gasteiger partial charge is 0.258 e. The van der Waals surface area contributed by atoms with Gasteiger partial charge in [-0.1, -0.05) is 18.2 Å². The van der Waals surface area contributed by atoms with Gasteiger partial charge in [0.05, 0.1) is 0 Å². The summed E-state index contributed by atoms with van der Waals surface area (Å²) in [5.74, 6) is -0.800. The van der Waals surface area contributed by atoms with Crippen LogP contribution in [-0.2, 0) is 6.42 Å². The van der Waals surface area contributed by atoms with Crippen LogP contribution in [0.25, 0.3) is 0 Å². The van der Waals surface area contributed by atoms with Crippen molar-refractivity contribution in [3.63, 3.8) is 0 Å². The highest BCUT2D eigenvalue weighted by atomic mass is 16.3. The lowest BCUT2D eigenvalue weighted by Gasteiger charge is -2.33. The number of rotatable bonds is 1. The van der Waals surface area contributed by atoms with Gasteiger partial charge in [0.25, 0.3) is 5.91 Å². The minimum atomic E-state index is -0.310. The molecule has 2 aromatic carbocycles. The molecule has 1 aliphatic rings. The first-order valence-corrected chi connectivity index (χ1v) is 6.73. The topological polar surface area (TPSA) is 86.8 Å². The molecule has 1 unspecified atom stereocenters. The van der Waals surface area contributed by atoms with Crippen molar-refractivity contribution < 1.29 is 15.0 Å². The molecule has 1 amide bonds. The molecule has 0 saturated carbocycles. The fraction of sp³-hybridized carbons (Fsp3) is 0.188. The number of fused-ring (bicyclic) bond motifs is 1. The standard InChI is InChI=1S/C16H16N2O3/c17-12-7-10-3-1-2-4-13(10)18(9-12)16(21)11-5-6-14(19)15(20)8-11/h1-6,8,12,19-20H,7,9,17H2. The van der Waals surface area contributed by atoms with Gasteiger partial charge in [0.1, 0.15) is 0 Å². The van der Waals surface area contributed by atoms with E-state index in [9.17, 15) is 15.0 Å². The van der Waals surface area contributed by atoms with Crippen LogP contribution >= 0.6 is 0 Å². The Morgan fingerprint density at radius 3 is 2.67 bits per heavy atom. The van der Waals surface area contributed by atoms with Crippen LogP contribution in [0.2, 0.25) is 0 Å². The van der Waals surface area contributed by atoms with E-state index in [1.54, 1.807) is 4.90 Å². The maximum Gasteiger partial charge on any atom is 0.258 e. The molecule has 1 aliphatic heterocycles. The van der Waals surface area contributed by atoms with Gasteiger partial charge in [0.2, 0.25) is 0 Å². The van der Waals surface area contributed by atoms with Crippen LogP contribution in [0, 0.1) is 0 Å². The van der Waals surface area contributed by atoms with Gasteiger partial charge >= 0.3 is 0 Å². The molecular formula is C16H16N2O3. The van der Waals surface area contributed by atoms with E-state index in [1.807, 2.05) is 24.3 Å². The van der Waals surface area contributed by atoms with E-state index in [0.29, 0.717) is 12.1 Å². The van der Waals surface area contributed by atoms with E-state index in [-0.39, 0.29) is 23.4 Å². The monoisotopic (exact) mass is 284 g/mol. The highest BCUT2D eigenvalue weighted by Gasteiger charge is 2.27. The van der Waals surface area contributed by atoms with Gasteiger partial charge in [0, 0.05) is 23.8 Å². The molecule has 0 fully saturated rings. The van der Waals surface area contributed by atoms with Gasteiger partial charge in [-0.2, -0.15) is 0 Å². The molecule has 21 heavy (non-hydrogen) atoms. The average Bonchev–Trinajstić information content (AvgIpc) is 2.48. The summed E-state index contributed by atoms with van der Waals surface area (Å²) in [4.78, 5) is 14.3. The van der Waals surface area contributed by atoms with E-state index in [4.69, 9.17) is 5.73 Å². The highest BCUT2D eigenvalue weighted by molar-refractivity contribution is 6.07. The van der Waals surface area contributed by atoms with Crippen molar-refractivity contribution in [2.45, 2.75) is 12.5 Å². The second-order valence-corrected chi connectivity index (χ2v) is 5.21. The Morgan fingerprint density at radius 2 is 1.90 bits per heavy atom. The summed E-state index contributed by atoms with van der Waals surface area (Å²) in [6, 6.07) is 11.6. The first kappa shape index (κ1) is 13.5. The largest absolute Gasteiger partial charge is 0.504 e. The van der Waals surface area contributed by atoms with Gasteiger partial charge < -0.3 is 20.8 Å². The molecule has 0 bridgehead atoms. The fourth-order valence-electron chi connectivity index (χ4n) is 2.63. The number of carbonyl (C=O) groups is 1. The molecular weight excluding hydrogens is 268 g/mol. The lowest BCUT2D eigenvalue weighted by Crippen LogP contribution is -2.46. The zero-order valence-corrected chi connectivity index (χ0v) is 11.4. The molecule has 5 nitrogen and oxygen atoms in total. The van der Waals surface area contributed by atoms with Crippen molar-refractivity contribution in [2.24, 2.45) is 5.73 Å². The van der Waals surface area contributed by atoms with Crippen LogP contribution in [0.5, 0.6) is 11.5 Å². The average molecular weight is 284 g/mol. The minimum Gasteiger partial charge on any atom is -0.504 e. The van der Waals surface area contributed by atoms with Crippen molar-refractivity contribution in [1.29, 1.82) is 0 Å². The predicted molar refractivity (Wildman–Crippen MR) is 79.6 cm³/mol. The molecule has 0 aromatic heterocycles. The molecule has 1 atom stereocenters. The Bertz CT molecular complexity index is 700. The molecule has 0 saturated heterocycles. The Balaban J connectivity index is 1.99. The Kier molecular flexibility index (Phi) is 3.27. The predicted octanol–water partition coefficient (Wildman–Crippen LogP) is 1.63. The first-order chi connectivity index (χ1) is 10.1. The summed E-state index contributed by atoms with van der Waals surface area (Å²) in [7, 11) is 0. The Labute approximate surface area is 122 Å². The van der Waals surface area contributed by atoms with Crippen molar-refractivity contribution >= 4 is 11.6 Å². The third kappa shape index (κ3) is 2.43. The van der Waals surface area contributed by atoms with Crippen molar-refractivity contribution in [3.8, 4) is 11.5 Å². The molecule has 3 rings (SSSR count). The van der Waals surface area contributed by atoms with Crippen molar-refractivity contribution in [2.75, 3.05) is 11.4 Å². The maximum atomic E-state index is 12.6. The first-order valence-electron chi connectivity index (χ1n) is 6.73. The van der Waals surface area contributed by atoms with E-state index < -0.39 is 0 Å². The summed E-state index contributed by atoms with van der Waals surface area (Å²) in [6.07, 6.45) is 0.737. The van der Waals surface area contributed by atoms with E-state index in [1.165, 1.54) is 18.2 Å².